The van der Waals surface area contributed by atoms with Crippen LogP contribution in [0, 0.1) is 0 Å². The van der Waals surface area contributed by atoms with Gasteiger partial charge in [-0.2, -0.15) is 0 Å². The van der Waals surface area contributed by atoms with Gasteiger partial charge in [0.15, 0.2) is 0 Å². The summed E-state index contributed by atoms with van der Waals surface area (Å²) in [6.45, 7) is 8.28. The zero-order valence-electron chi connectivity index (χ0n) is 7.77. The molecular weight excluding hydrogens is 202 g/mol. The fraction of sp³-hybridized carbons (Fsp3) is 1.00. The van der Waals surface area contributed by atoms with Gasteiger partial charge in [0.1, 0.15) is 0 Å². The van der Waals surface area contributed by atoms with Gasteiger partial charge in [0.25, 0.3) is 0 Å². The summed E-state index contributed by atoms with van der Waals surface area (Å²) in [6, 6.07) is 0. The summed E-state index contributed by atoms with van der Waals surface area (Å²) < 4.78 is 0. The second-order valence-corrected chi connectivity index (χ2v) is 3.68. The zero-order chi connectivity index (χ0) is 8.53. The van der Waals surface area contributed by atoms with Gasteiger partial charge in [0.05, 0.1) is 0 Å². The van der Waals surface area contributed by atoms with Crippen LogP contribution in [-0.2, 0) is 0 Å². The Bertz CT molecular complexity index is 70.0. The van der Waals surface area contributed by atoms with Crippen molar-refractivity contribution in [3.63, 3.8) is 0 Å². The Kier molecular flexibility index (Phi) is 8.88. The SMILES string of the molecule is CCCN(CCC)CCCBr. The lowest BCUT2D eigenvalue weighted by molar-refractivity contribution is 0.276. The third kappa shape index (κ3) is 6.82. The van der Waals surface area contributed by atoms with Gasteiger partial charge in [0, 0.05) is 5.33 Å². The van der Waals surface area contributed by atoms with Crippen molar-refractivity contribution in [2.45, 2.75) is 33.1 Å². The molecule has 0 aromatic rings. The first-order chi connectivity index (χ1) is 5.35. The smallest absolute Gasteiger partial charge is 0.00434 e. The number of nitrogens with zero attached hydrogens (tertiary/aromatic N) is 1. The Morgan fingerprint density at radius 2 is 1.55 bits per heavy atom. The van der Waals surface area contributed by atoms with Crippen molar-refractivity contribution in [2.75, 3.05) is 25.0 Å². The number of rotatable bonds is 7. The summed E-state index contributed by atoms with van der Waals surface area (Å²) in [7, 11) is 0. The number of halogens is 1. The van der Waals surface area contributed by atoms with Crippen LogP contribution in [0.1, 0.15) is 33.1 Å². The van der Waals surface area contributed by atoms with Crippen LogP contribution in [0.2, 0.25) is 0 Å². The van der Waals surface area contributed by atoms with E-state index in [4.69, 9.17) is 0 Å². The minimum absolute atomic E-state index is 1.14. The summed E-state index contributed by atoms with van der Waals surface area (Å²) in [6.07, 6.45) is 3.84. The summed E-state index contributed by atoms with van der Waals surface area (Å²) in [5.41, 5.74) is 0. The maximum atomic E-state index is 3.45. The maximum Gasteiger partial charge on any atom is 0.00434 e. The molecule has 2 heteroatoms. The monoisotopic (exact) mass is 221 g/mol. The van der Waals surface area contributed by atoms with Gasteiger partial charge < -0.3 is 4.90 Å². The van der Waals surface area contributed by atoms with Crippen LogP contribution in [0.3, 0.4) is 0 Å². The maximum absolute atomic E-state index is 3.45. The van der Waals surface area contributed by atoms with E-state index in [9.17, 15) is 0 Å². The number of hydrogen-bond acceptors (Lipinski definition) is 1. The molecule has 0 spiro atoms. The molecule has 0 aliphatic rings. The van der Waals surface area contributed by atoms with Crippen LogP contribution in [0.4, 0.5) is 0 Å². The van der Waals surface area contributed by atoms with Crippen LogP contribution in [-0.4, -0.2) is 29.9 Å². The number of hydrogen-bond donors (Lipinski definition) is 0. The summed E-state index contributed by atoms with van der Waals surface area (Å²) in [4.78, 5) is 2.54. The van der Waals surface area contributed by atoms with Gasteiger partial charge in [-0.15, -0.1) is 0 Å². The molecule has 0 heterocycles. The topological polar surface area (TPSA) is 3.24 Å². The molecule has 68 valence electrons. The Balaban J connectivity index is 3.34. The molecule has 0 amide bonds. The van der Waals surface area contributed by atoms with E-state index in [1.807, 2.05) is 0 Å². The first-order valence-corrected chi connectivity index (χ1v) is 5.75. The highest BCUT2D eigenvalue weighted by molar-refractivity contribution is 9.09. The van der Waals surface area contributed by atoms with Crippen LogP contribution in [0.25, 0.3) is 0 Å². The lowest BCUT2D eigenvalue weighted by atomic mass is 10.3. The van der Waals surface area contributed by atoms with Crippen LogP contribution in [0.5, 0.6) is 0 Å². The molecule has 0 aliphatic heterocycles. The lowest BCUT2D eigenvalue weighted by Gasteiger charge is -2.19. The zero-order valence-corrected chi connectivity index (χ0v) is 9.36. The van der Waals surface area contributed by atoms with Crippen molar-refractivity contribution in [2.24, 2.45) is 0 Å². The molecule has 0 rings (SSSR count). The molecule has 0 bridgehead atoms. The quantitative estimate of drug-likeness (QED) is 0.598. The summed E-state index contributed by atoms with van der Waals surface area (Å²) in [5.74, 6) is 0. The molecule has 0 aromatic carbocycles. The van der Waals surface area contributed by atoms with Gasteiger partial charge in [-0.05, 0) is 38.9 Å². The van der Waals surface area contributed by atoms with E-state index in [0.29, 0.717) is 0 Å². The second-order valence-electron chi connectivity index (χ2n) is 2.88. The molecule has 1 nitrogen and oxygen atoms in total. The van der Waals surface area contributed by atoms with Gasteiger partial charge in [0.2, 0.25) is 0 Å². The molecule has 0 radical (unpaired) electrons. The highest BCUT2D eigenvalue weighted by atomic mass is 79.9. The predicted octanol–water partition coefficient (Wildman–Crippen LogP) is 2.89. The number of alkyl halides is 1. The largest absolute Gasteiger partial charge is 0.303 e. The van der Waals surface area contributed by atoms with Crippen molar-refractivity contribution in [1.29, 1.82) is 0 Å². The summed E-state index contributed by atoms with van der Waals surface area (Å²) in [5, 5.41) is 1.14. The highest BCUT2D eigenvalue weighted by Crippen LogP contribution is 1.97. The van der Waals surface area contributed by atoms with E-state index in [1.165, 1.54) is 38.9 Å². The van der Waals surface area contributed by atoms with Gasteiger partial charge in [-0.1, -0.05) is 29.8 Å². The molecule has 0 N–H and O–H groups in total. The Hall–Kier alpha value is 0.440. The molecule has 0 aliphatic carbocycles. The molecule has 0 unspecified atom stereocenters. The van der Waals surface area contributed by atoms with Crippen LogP contribution >= 0.6 is 15.9 Å². The first kappa shape index (κ1) is 11.4. The predicted molar refractivity (Wildman–Crippen MR) is 55.4 cm³/mol. The van der Waals surface area contributed by atoms with Gasteiger partial charge in [-0.25, -0.2) is 0 Å². The van der Waals surface area contributed by atoms with Crippen molar-refractivity contribution >= 4 is 15.9 Å². The molecule has 0 atom stereocenters. The fourth-order valence-corrected chi connectivity index (χ4v) is 1.50. The van der Waals surface area contributed by atoms with E-state index >= 15 is 0 Å². The van der Waals surface area contributed by atoms with E-state index in [2.05, 4.69) is 34.7 Å². The average Bonchev–Trinajstić information content (AvgIpc) is 2.01. The molecule has 0 saturated heterocycles. The normalized spacial score (nSPS) is 10.9. The molecule has 11 heavy (non-hydrogen) atoms. The molecular formula is C9H20BrN. The van der Waals surface area contributed by atoms with E-state index in [-0.39, 0.29) is 0 Å². The van der Waals surface area contributed by atoms with E-state index in [0.717, 1.165) is 5.33 Å². The van der Waals surface area contributed by atoms with Crippen molar-refractivity contribution in [3.8, 4) is 0 Å². The Labute approximate surface area is 79.3 Å². The molecule has 0 saturated carbocycles. The minimum atomic E-state index is 1.14. The third-order valence-corrected chi connectivity index (χ3v) is 2.25. The van der Waals surface area contributed by atoms with E-state index in [1.54, 1.807) is 0 Å². The van der Waals surface area contributed by atoms with Gasteiger partial charge >= 0.3 is 0 Å². The Morgan fingerprint density at radius 1 is 1.00 bits per heavy atom. The van der Waals surface area contributed by atoms with Crippen LogP contribution in [0.15, 0.2) is 0 Å². The highest BCUT2D eigenvalue weighted by Gasteiger charge is 1.99. The molecule has 0 aromatic heterocycles. The lowest BCUT2D eigenvalue weighted by Crippen LogP contribution is -2.26. The van der Waals surface area contributed by atoms with Crippen molar-refractivity contribution < 1.29 is 0 Å². The van der Waals surface area contributed by atoms with E-state index < -0.39 is 0 Å². The van der Waals surface area contributed by atoms with Crippen molar-refractivity contribution in [3.05, 3.63) is 0 Å². The van der Waals surface area contributed by atoms with Crippen LogP contribution < -0.4 is 0 Å². The third-order valence-electron chi connectivity index (χ3n) is 1.69. The standard InChI is InChI=1S/C9H20BrN/c1-3-7-11(8-4-2)9-5-6-10/h3-9H2,1-2H3. The minimum Gasteiger partial charge on any atom is -0.303 e. The Morgan fingerprint density at radius 3 is 1.91 bits per heavy atom. The van der Waals surface area contributed by atoms with Gasteiger partial charge in [-0.3, -0.25) is 0 Å². The fourth-order valence-electron chi connectivity index (χ4n) is 1.25. The van der Waals surface area contributed by atoms with Crippen molar-refractivity contribution in [1.82, 2.24) is 4.90 Å². The summed E-state index contributed by atoms with van der Waals surface area (Å²) >= 11 is 3.45. The average molecular weight is 222 g/mol. The molecule has 0 fully saturated rings. The second kappa shape index (κ2) is 8.54. The first-order valence-electron chi connectivity index (χ1n) is 4.63.